The van der Waals surface area contributed by atoms with Crippen LogP contribution in [-0.2, 0) is 26.7 Å². The highest BCUT2D eigenvalue weighted by atomic mass is 19.4. The number of carbonyl (C=O) groups excluding carboxylic acids is 4. The normalized spacial score (nSPS) is 18.4. The zero-order valence-corrected chi connectivity index (χ0v) is 36.2. The zero-order chi connectivity index (χ0) is 47.3. The van der Waals surface area contributed by atoms with Crippen LogP contribution in [0.25, 0.3) is 22.5 Å². The number of ether oxygens (including phenoxy) is 1. The molecule has 1 aliphatic heterocycles. The Morgan fingerprint density at radius 1 is 0.892 bits per heavy atom. The molecule has 1 saturated carbocycles. The van der Waals surface area contributed by atoms with Crippen molar-refractivity contribution in [2.75, 3.05) is 25.0 Å². The summed E-state index contributed by atoms with van der Waals surface area (Å²) in [6.45, 7) is 8.15. The molecule has 6 rings (SSSR count). The van der Waals surface area contributed by atoms with E-state index >= 15 is 0 Å². The molecule has 0 radical (unpaired) electrons. The third-order valence-corrected chi connectivity index (χ3v) is 11.3. The summed E-state index contributed by atoms with van der Waals surface area (Å²) in [4.78, 5) is 68.7. The number of likely N-dealkylation sites (tertiary alicyclic amines) is 1. The summed E-state index contributed by atoms with van der Waals surface area (Å²) < 4.78 is 71.5. The average molecular weight is 911 g/mol. The fraction of sp³-hybridized carbons (Fsp3) is 0.444. The molecule has 6 N–H and O–H groups in total. The number of anilines is 1. The predicted molar refractivity (Wildman–Crippen MR) is 228 cm³/mol. The number of alkyl halides is 5. The first kappa shape index (κ1) is 47.9. The van der Waals surface area contributed by atoms with Crippen LogP contribution in [0.2, 0.25) is 0 Å². The third-order valence-electron chi connectivity index (χ3n) is 11.3. The van der Waals surface area contributed by atoms with Crippen LogP contribution in [0, 0.1) is 18.8 Å². The number of amides is 5. The van der Waals surface area contributed by atoms with E-state index in [1.165, 1.54) is 29.2 Å². The maximum Gasteiger partial charge on any atom is 0.461 e. The standard InChI is InChI=1S/C45H51F5N8O7/c1-25-21-31(38(60)53-33-19-20-58(24-33)42(63)64)15-18-34(25)28-9-5-26(6-10-28)22-35(54-37(59)30-11-7-27(8-12-30)23-51-41(62)65-43(2,3)4)39(61)52-32-16-13-29(14-17-32)36-55-40(57-56-36)44(46,47)45(48,49)50/h5-6,9-10,13-18,21,27,30,33,35H,7-8,11-12,19-20,22-24H2,1-4H3,(H,51,62)(H,52,61)(H,53,60)(H,54,59)(H,63,64)(H,55,56,57)/t27-,30-,33-,35+/m1/s1. The number of hydrogen-bond donors (Lipinski definition) is 6. The highest BCUT2D eigenvalue weighted by Gasteiger charge is 2.61. The van der Waals surface area contributed by atoms with Gasteiger partial charge in [0.1, 0.15) is 11.6 Å². The Kier molecular flexibility index (Phi) is 14.5. The number of aryl methyl sites for hydroxylation is 1. The van der Waals surface area contributed by atoms with Crippen molar-refractivity contribution in [2.24, 2.45) is 11.8 Å². The van der Waals surface area contributed by atoms with E-state index in [4.69, 9.17) is 4.74 Å². The van der Waals surface area contributed by atoms with Gasteiger partial charge in [-0.05, 0) is 124 Å². The maximum absolute atomic E-state index is 13.9. The topological polar surface area (TPSA) is 208 Å². The van der Waals surface area contributed by atoms with Gasteiger partial charge in [0.25, 0.3) is 5.91 Å². The maximum atomic E-state index is 13.9. The number of nitrogens with one attached hydrogen (secondary N) is 5. The Labute approximate surface area is 371 Å². The van der Waals surface area contributed by atoms with Gasteiger partial charge in [0.05, 0.1) is 0 Å². The fourth-order valence-corrected chi connectivity index (χ4v) is 7.77. The smallest absolute Gasteiger partial charge is 0.461 e. The van der Waals surface area contributed by atoms with Gasteiger partial charge < -0.3 is 36.0 Å². The van der Waals surface area contributed by atoms with Gasteiger partial charge in [0, 0.05) is 54.8 Å². The van der Waals surface area contributed by atoms with E-state index in [0.29, 0.717) is 56.3 Å². The van der Waals surface area contributed by atoms with Crippen LogP contribution in [0.3, 0.4) is 0 Å². The monoisotopic (exact) mass is 910 g/mol. The number of halogens is 5. The van der Waals surface area contributed by atoms with Crippen molar-refractivity contribution in [3.05, 3.63) is 89.2 Å². The number of nitrogens with zero attached hydrogens (tertiary/aromatic N) is 3. The van der Waals surface area contributed by atoms with Gasteiger partial charge in [-0.3, -0.25) is 19.5 Å². The Hall–Kier alpha value is -6.60. The first-order valence-corrected chi connectivity index (χ1v) is 21.1. The van der Waals surface area contributed by atoms with Crippen molar-refractivity contribution in [3.63, 3.8) is 0 Å². The zero-order valence-electron chi connectivity index (χ0n) is 36.2. The highest BCUT2D eigenvalue weighted by Crippen LogP contribution is 2.42. The van der Waals surface area contributed by atoms with E-state index in [-0.39, 0.29) is 53.8 Å². The highest BCUT2D eigenvalue weighted by molar-refractivity contribution is 5.98. The molecular weight excluding hydrogens is 860 g/mol. The van der Waals surface area contributed by atoms with E-state index in [9.17, 15) is 51.0 Å². The lowest BCUT2D eigenvalue weighted by molar-refractivity contribution is -0.292. The summed E-state index contributed by atoms with van der Waals surface area (Å²) in [6, 6.07) is 16.8. The molecule has 1 saturated heterocycles. The number of H-pyrrole nitrogens is 1. The molecule has 5 amide bonds. The summed E-state index contributed by atoms with van der Waals surface area (Å²) in [7, 11) is 0. The van der Waals surface area contributed by atoms with E-state index < -0.39 is 53.6 Å². The second-order valence-electron chi connectivity index (χ2n) is 17.4. The minimum atomic E-state index is -5.90. The number of hydrogen-bond acceptors (Lipinski definition) is 8. The van der Waals surface area contributed by atoms with Crippen LogP contribution >= 0.6 is 0 Å². The van der Waals surface area contributed by atoms with Crippen molar-refractivity contribution >= 4 is 35.6 Å². The van der Waals surface area contributed by atoms with Crippen molar-refractivity contribution in [3.8, 4) is 22.5 Å². The summed E-state index contributed by atoms with van der Waals surface area (Å²) in [5.41, 5.74) is 3.36. The molecule has 0 spiro atoms. The van der Waals surface area contributed by atoms with Crippen LogP contribution in [0.15, 0.2) is 66.7 Å². The molecule has 20 heteroatoms. The molecule has 1 aromatic heterocycles. The number of aromatic amines is 1. The summed E-state index contributed by atoms with van der Waals surface area (Å²) >= 11 is 0. The molecule has 0 unspecified atom stereocenters. The summed E-state index contributed by atoms with van der Waals surface area (Å²) in [5, 5.41) is 25.7. The quantitative estimate of drug-likeness (QED) is 0.0730. The van der Waals surface area contributed by atoms with Gasteiger partial charge in [0.2, 0.25) is 17.6 Å². The van der Waals surface area contributed by atoms with E-state index in [1.54, 1.807) is 32.9 Å². The van der Waals surface area contributed by atoms with Crippen molar-refractivity contribution in [1.82, 2.24) is 36.0 Å². The molecule has 65 heavy (non-hydrogen) atoms. The molecule has 2 aliphatic rings. The molecule has 0 bridgehead atoms. The Bertz CT molecular complexity index is 2360. The van der Waals surface area contributed by atoms with Gasteiger partial charge in [-0.15, -0.1) is 0 Å². The second-order valence-corrected chi connectivity index (χ2v) is 17.4. The largest absolute Gasteiger partial charge is 0.465 e. The molecule has 3 aromatic carbocycles. The van der Waals surface area contributed by atoms with E-state index in [0.717, 1.165) is 16.7 Å². The number of carboxylic acid groups (broad SMARTS) is 1. The van der Waals surface area contributed by atoms with Crippen molar-refractivity contribution in [2.45, 2.75) is 96.0 Å². The number of aromatic nitrogens is 3. The Morgan fingerprint density at radius 2 is 1.55 bits per heavy atom. The fourth-order valence-electron chi connectivity index (χ4n) is 7.77. The second kappa shape index (κ2) is 19.6. The SMILES string of the molecule is Cc1cc(C(=O)N[C@@H]2CCN(C(=O)O)C2)ccc1-c1ccc(C[C@H](NC(=O)[C@H]2CC[C@H](CNC(=O)OC(C)(C)C)CC2)C(=O)Nc2ccc(-c3nc(C(F)(F)C(F)(F)F)n[nH]3)cc2)cc1. The predicted octanol–water partition coefficient (Wildman–Crippen LogP) is 7.58. The Balaban J connectivity index is 1.13. The molecule has 348 valence electrons. The van der Waals surface area contributed by atoms with Crippen molar-refractivity contribution < 1.29 is 55.8 Å². The number of alkyl carbamates (subject to hydrolysis) is 1. The third kappa shape index (κ3) is 12.4. The molecular formula is C45H51F5N8O7. The number of rotatable bonds is 13. The lowest BCUT2D eigenvalue weighted by Gasteiger charge is -2.29. The van der Waals surface area contributed by atoms with Gasteiger partial charge in [-0.1, -0.05) is 30.3 Å². The van der Waals surface area contributed by atoms with E-state index in [2.05, 4.69) is 36.4 Å². The molecule has 4 aromatic rings. The molecule has 2 heterocycles. The molecule has 15 nitrogen and oxygen atoms in total. The average Bonchev–Trinajstić information content (AvgIpc) is 3.94. The first-order chi connectivity index (χ1) is 30.6. The Morgan fingerprint density at radius 3 is 2.15 bits per heavy atom. The minimum absolute atomic E-state index is 0.0813. The molecule has 2 fully saturated rings. The van der Waals surface area contributed by atoms with Gasteiger partial charge in [0.15, 0.2) is 5.82 Å². The minimum Gasteiger partial charge on any atom is -0.465 e. The molecule has 1 aliphatic carbocycles. The molecule has 2 atom stereocenters. The van der Waals surface area contributed by atoms with Gasteiger partial charge in [-0.25, -0.2) is 14.6 Å². The lowest BCUT2D eigenvalue weighted by Crippen LogP contribution is -2.48. The van der Waals surface area contributed by atoms with Gasteiger partial charge in [-0.2, -0.15) is 27.1 Å². The van der Waals surface area contributed by atoms with Gasteiger partial charge >= 0.3 is 24.3 Å². The summed E-state index contributed by atoms with van der Waals surface area (Å²) in [5.74, 6) is -8.82. The van der Waals surface area contributed by atoms with Crippen LogP contribution in [0.4, 0.5) is 37.2 Å². The summed E-state index contributed by atoms with van der Waals surface area (Å²) in [6.07, 6.45) is -4.45. The number of carbonyl (C=O) groups is 5. The number of benzene rings is 3. The van der Waals surface area contributed by atoms with Crippen LogP contribution in [-0.4, -0.2) is 98.6 Å². The van der Waals surface area contributed by atoms with Crippen molar-refractivity contribution in [1.29, 1.82) is 0 Å². The van der Waals surface area contributed by atoms with Crippen LogP contribution in [0.1, 0.15) is 80.2 Å². The van der Waals surface area contributed by atoms with Crippen LogP contribution < -0.4 is 21.3 Å². The van der Waals surface area contributed by atoms with E-state index in [1.807, 2.05) is 37.3 Å². The first-order valence-electron chi connectivity index (χ1n) is 21.1. The lowest BCUT2D eigenvalue weighted by atomic mass is 9.81. The van der Waals surface area contributed by atoms with Crippen LogP contribution in [0.5, 0.6) is 0 Å².